The van der Waals surface area contributed by atoms with Crippen molar-refractivity contribution in [3.8, 4) is 0 Å². The van der Waals surface area contributed by atoms with Crippen molar-refractivity contribution in [2.75, 3.05) is 5.32 Å². The molecule has 2 rings (SSSR count). The molecule has 0 aromatic heterocycles. The van der Waals surface area contributed by atoms with Gasteiger partial charge in [-0.1, -0.05) is 6.07 Å². The minimum Gasteiger partial charge on any atom is -0.481 e. The number of carbonyl (C=O) groups excluding carboxylic acids is 1. The fraction of sp³-hybridized carbons (Fsp3) is 0.429. The highest BCUT2D eigenvalue weighted by Crippen LogP contribution is 2.25. The molecule has 0 aliphatic heterocycles. The Balaban J connectivity index is 1.90. The highest BCUT2D eigenvalue weighted by Gasteiger charge is 2.30. The van der Waals surface area contributed by atoms with Crippen LogP contribution in [0.25, 0.3) is 0 Å². The lowest BCUT2D eigenvalue weighted by atomic mass is 10.1. The highest BCUT2D eigenvalue weighted by atomic mass is 19.1. The SMILES string of the molecule is Cc1ccc(F)cc1NC(=O)NC1CCC(C(=O)O)C1. The van der Waals surface area contributed by atoms with Gasteiger partial charge < -0.3 is 15.7 Å². The predicted molar refractivity (Wildman–Crippen MR) is 72.1 cm³/mol. The van der Waals surface area contributed by atoms with Crippen LogP contribution in [0.1, 0.15) is 24.8 Å². The first-order valence-electron chi connectivity index (χ1n) is 6.52. The van der Waals surface area contributed by atoms with Gasteiger partial charge in [-0.15, -0.1) is 0 Å². The third-order valence-corrected chi connectivity index (χ3v) is 3.56. The van der Waals surface area contributed by atoms with E-state index in [0.29, 0.717) is 24.9 Å². The lowest BCUT2D eigenvalue weighted by Gasteiger charge is -2.14. The molecule has 2 unspecified atom stereocenters. The fourth-order valence-electron chi connectivity index (χ4n) is 2.41. The van der Waals surface area contributed by atoms with Gasteiger partial charge in [0.1, 0.15) is 5.82 Å². The maximum absolute atomic E-state index is 13.1. The van der Waals surface area contributed by atoms with Crippen molar-refractivity contribution < 1.29 is 19.1 Å². The van der Waals surface area contributed by atoms with Crippen LogP contribution < -0.4 is 10.6 Å². The highest BCUT2D eigenvalue weighted by molar-refractivity contribution is 5.90. The van der Waals surface area contributed by atoms with E-state index < -0.39 is 23.7 Å². The monoisotopic (exact) mass is 280 g/mol. The van der Waals surface area contributed by atoms with Crippen LogP contribution in [0.2, 0.25) is 0 Å². The summed E-state index contributed by atoms with van der Waals surface area (Å²) in [4.78, 5) is 22.7. The van der Waals surface area contributed by atoms with Crippen LogP contribution in [0.4, 0.5) is 14.9 Å². The number of rotatable bonds is 3. The van der Waals surface area contributed by atoms with Gasteiger partial charge in [-0.05, 0) is 43.9 Å². The maximum atomic E-state index is 13.1. The molecule has 1 aliphatic rings. The van der Waals surface area contributed by atoms with Crippen molar-refractivity contribution in [2.45, 2.75) is 32.2 Å². The summed E-state index contributed by atoms with van der Waals surface area (Å²) < 4.78 is 13.1. The maximum Gasteiger partial charge on any atom is 0.319 e. The molecule has 1 saturated carbocycles. The number of aliphatic carboxylic acids is 1. The van der Waals surface area contributed by atoms with Crippen LogP contribution in [0, 0.1) is 18.7 Å². The fourth-order valence-corrected chi connectivity index (χ4v) is 2.41. The van der Waals surface area contributed by atoms with Gasteiger partial charge in [0, 0.05) is 11.7 Å². The Morgan fingerprint density at radius 1 is 1.35 bits per heavy atom. The molecule has 0 heterocycles. The molecule has 0 saturated heterocycles. The Bertz CT molecular complexity index is 533. The number of hydrogen-bond donors (Lipinski definition) is 3. The first-order valence-corrected chi connectivity index (χ1v) is 6.52. The summed E-state index contributed by atoms with van der Waals surface area (Å²) in [6.07, 6.45) is 1.65. The van der Waals surface area contributed by atoms with Crippen molar-refractivity contribution in [1.82, 2.24) is 5.32 Å². The number of nitrogens with one attached hydrogen (secondary N) is 2. The summed E-state index contributed by atoms with van der Waals surface area (Å²) in [5.74, 6) is -1.63. The zero-order valence-electron chi connectivity index (χ0n) is 11.1. The van der Waals surface area contributed by atoms with E-state index in [2.05, 4.69) is 10.6 Å². The third-order valence-electron chi connectivity index (χ3n) is 3.56. The number of hydrogen-bond acceptors (Lipinski definition) is 2. The number of carboxylic acids is 1. The predicted octanol–water partition coefficient (Wildman–Crippen LogP) is 2.51. The Kier molecular flexibility index (Phi) is 4.22. The number of anilines is 1. The zero-order chi connectivity index (χ0) is 14.7. The number of benzene rings is 1. The van der Waals surface area contributed by atoms with Gasteiger partial charge in [0.15, 0.2) is 0 Å². The molecule has 3 N–H and O–H groups in total. The molecular weight excluding hydrogens is 263 g/mol. The Hall–Kier alpha value is -2.11. The first kappa shape index (κ1) is 14.3. The van der Waals surface area contributed by atoms with E-state index in [1.807, 2.05) is 0 Å². The van der Waals surface area contributed by atoms with Crippen molar-refractivity contribution in [3.63, 3.8) is 0 Å². The molecule has 1 aromatic rings. The Morgan fingerprint density at radius 3 is 2.75 bits per heavy atom. The van der Waals surface area contributed by atoms with Crippen LogP contribution in [0.5, 0.6) is 0 Å². The molecule has 0 bridgehead atoms. The van der Waals surface area contributed by atoms with E-state index in [0.717, 1.165) is 5.56 Å². The minimum atomic E-state index is -0.823. The summed E-state index contributed by atoms with van der Waals surface area (Å²) in [7, 11) is 0. The lowest BCUT2D eigenvalue weighted by molar-refractivity contribution is -0.141. The molecule has 1 aromatic carbocycles. The van der Waals surface area contributed by atoms with Gasteiger partial charge in [-0.3, -0.25) is 4.79 Å². The molecule has 2 atom stereocenters. The number of halogens is 1. The normalized spacial score (nSPS) is 21.5. The number of amides is 2. The van der Waals surface area contributed by atoms with Gasteiger partial charge in [-0.25, -0.2) is 9.18 Å². The molecule has 0 radical (unpaired) electrons. The zero-order valence-corrected chi connectivity index (χ0v) is 11.1. The van der Waals surface area contributed by atoms with Gasteiger partial charge in [0.2, 0.25) is 0 Å². The van der Waals surface area contributed by atoms with Crippen LogP contribution >= 0.6 is 0 Å². The molecule has 1 aliphatic carbocycles. The van der Waals surface area contributed by atoms with Crippen LogP contribution in [-0.2, 0) is 4.79 Å². The second kappa shape index (κ2) is 5.90. The Labute approximate surface area is 116 Å². The average molecular weight is 280 g/mol. The van der Waals surface area contributed by atoms with E-state index in [1.54, 1.807) is 13.0 Å². The Morgan fingerprint density at radius 2 is 2.10 bits per heavy atom. The van der Waals surface area contributed by atoms with Gasteiger partial charge in [0.05, 0.1) is 5.92 Å². The summed E-state index contributed by atoms with van der Waals surface area (Å²) in [6, 6.07) is 3.58. The molecule has 2 amide bonds. The summed E-state index contributed by atoms with van der Waals surface area (Å²) in [6.45, 7) is 1.77. The molecule has 1 fully saturated rings. The van der Waals surface area contributed by atoms with Gasteiger partial charge in [-0.2, -0.15) is 0 Å². The molecule has 5 nitrogen and oxygen atoms in total. The van der Waals surface area contributed by atoms with E-state index in [9.17, 15) is 14.0 Å². The van der Waals surface area contributed by atoms with Crippen molar-refractivity contribution in [3.05, 3.63) is 29.6 Å². The van der Waals surface area contributed by atoms with Crippen molar-refractivity contribution >= 4 is 17.7 Å². The average Bonchev–Trinajstić information content (AvgIpc) is 2.82. The van der Waals surface area contributed by atoms with Gasteiger partial charge in [0.25, 0.3) is 0 Å². The van der Waals surface area contributed by atoms with Crippen LogP contribution in [-0.4, -0.2) is 23.1 Å². The smallest absolute Gasteiger partial charge is 0.319 e. The molecule has 20 heavy (non-hydrogen) atoms. The third kappa shape index (κ3) is 3.46. The molecular formula is C14H17FN2O3. The standard InChI is InChI=1S/C14H17FN2O3/c1-8-2-4-10(15)7-12(8)17-14(20)16-11-5-3-9(6-11)13(18)19/h2,4,7,9,11H,3,5-6H2,1H3,(H,18,19)(H2,16,17,20). The molecule has 6 heteroatoms. The largest absolute Gasteiger partial charge is 0.481 e. The quantitative estimate of drug-likeness (QED) is 0.796. The van der Waals surface area contributed by atoms with E-state index >= 15 is 0 Å². The van der Waals surface area contributed by atoms with E-state index in [1.165, 1.54) is 12.1 Å². The molecule has 0 spiro atoms. The second-order valence-electron chi connectivity index (χ2n) is 5.10. The summed E-state index contributed by atoms with van der Waals surface area (Å²) >= 11 is 0. The van der Waals surface area contributed by atoms with Crippen molar-refractivity contribution in [1.29, 1.82) is 0 Å². The van der Waals surface area contributed by atoms with Crippen molar-refractivity contribution in [2.24, 2.45) is 5.92 Å². The van der Waals surface area contributed by atoms with Crippen LogP contribution in [0.3, 0.4) is 0 Å². The van der Waals surface area contributed by atoms with Crippen LogP contribution in [0.15, 0.2) is 18.2 Å². The second-order valence-corrected chi connectivity index (χ2v) is 5.10. The number of aryl methyl sites for hydroxylation is 1. The van der Waals surface area contributed by atoms with E-state index in [-0.39, 0.29) is 6.04 Å². The summed E-state index contributed by atoms with van der Waals surface area (Å²) in [5.41, 5.74) is 1.17. The lowest BCUT2D eigenvalue weighted by Crippen LogP contribution is -2.36. The summed E-state index contributed by atoms with van der Waals surface area (Å²) in [5, 5.41) is 14.2. The first-order chi connectivity index (χ1) is 9.45. The number of carboxylic acid groups (broad SMARTS) is 1. The number of carbonyl (C=O) groups is 2. The minimum absolute atomic E-state index is 0.148. The topological polar surface area (TPSA) is 78.4 Å². The van der Waals surface area contributed by atoms with E-state index in [4.69, 9.17) is 5.11 Å². The van der Waals surface area contributed by atoms with Gasteiger partial charge >= 0.3 is 12.0 Å². The molecule has 108 valence electrons. The number of urea groups is 1.